The summed E-state index contributed by atoms with van der Waals surface area (Å²) in [5.74, 6) is 0. The Balaban J connectivity index is 0.000000145. The normalized spacial score (nSPS) is 13.0. The molecule has 0 radical (unpaired) electrons. The minimum absolute atomic E-state index is 0.200. The van der Waals surface area contributed by atoms with E-state index < -0.39 is 0 Å². The van der Waals surface area contributed by atoms with Crippen LogP contribution in [0.4, 0.5) is 0 Å². The van der Waals surface area contributed by atoms with E-state index in [1.54, 1.807) is 0 Å². The molecule has 0 atom stereocenters. The molecule has 7 aromatic rings. The molecule has 0 aliphatic carbocycles. The zero-order valence-corrected chi connectivity index (χ0v) is 37.9. The maximum atomic E-state index is 4.44. The van der Waals surface area contributed by atoms with Crippen LogP contribution in [0.2, 0.25) is 0 Å². The molecule has 7 nitrogen and oxygen atoms in total. The number of aliphatic imine (C=N–C) groups is 1. The molecule has 4 aromatic carbocycles. The standard InChI is InChI=1S/C13H18N2.C13H17N.2C12H16N2/c1-9-11-7-6-10(13(2,3)4)8-12(11)15(5)14-9;1-9-12-7-11(13(2,3)4)6-5-10(12)8-14-9;1-12(2,3)10-6-5-9-8-14(4)13-11(9)7-10;1-12(2,3)10-6-5-9-8-13-14(4)11(9)7-10/h6-8H,1-5H3;5-7H,8H2,1-4H3;2*5-8H,1-4H3. The average molecular weight is 766 g/mol. The highest BCUT2D eigenvalue weighted by Gasteiger charge is 2.19. The molecular weight excluding hydrogens is 699 g/mol. The molecular formula is C50H67N7. The molecule has 0 fully saturated rings. The zero-order chi connectivity index (χ0) is 42.2. The van der Waals surface area contributed by atoms with Crippen LogP contribution in [-0.4, -0.2) is 35.1 Å². The molecule has 0 amide bonds. The third-order valence-corrected chi connectivity index (χ3v) is 10.9. The van der Waals surface area contributed by atoms with E-state index in [-0.39, 0.29) is 21.7 Å². The zero-order valence-electron chi connectivity index (χ0n) is 37.9. The number of aryl methyl sites for hydroxylation is 4. The topological polar surface area (TPSA) is 65.8 Å². The summed E-state index contributed by atoms with van der Waals surface area (Å²) >= 11 is 0. The van der Waals surface area contributed by atoms with Gasteiger partial charge >= 0.3 is 0 Å². The monoisotopic (exact) mass is 766 g/mol. The number of hydrogen-bond acceptors (Lipinski definition) is 4. The van der Waals surface area contributed by atoms with Crippen molar-refractivity contribution in [2.75, 3.05) is 0 Å². The van der Waals surface area contributed by atoms with Crippen molar-refractivity contribution in [3.05, 3.63) is 124 Å². The molecule has 0 saturated carbocycles. The van der Waals surface area contributed by atoms with Crippen molar-refractivity contribution in [2.24, 2.45) is 26.1 Å². The first-order valence-electron chi connectivity index (χ1n) is 20.3. The molecule has 0 spiro atoms. The number of nitrogens with zero attached hydrogens (tertiary/aromatic N) is 7. The van der Waals surface area contributed by atoms with Gasteiger partial charge in [0.15, 0.2) is 0 Å². The van der Waals surface area contributed by atoms with Crippen LogP contribution >= 0.6 is 0 Å². The van der Waals surface area contributed by atoms with Crippen molar-refractivity contribution < 1.29 is 0 Å². The molecule has 57 heavy (non-hydrogen) atoms. The average Bonchev–Trinajstić information content (AvgIpc) is 3.87. The van der Waals surface area contributed by atoms with Crippen LogP contribution in [0.15, 0.2) is 90.2 Å². The van der Waals surface area contributed by atoms with Gasteiger partial charge in [-0.2, -0.15) is 15.3 Å². The number of aromatic nitrogens is 6. The number of benzene rings is 4. The van der Waals surface area contributed by atoms with E-state index in [0.717, 1.165) is 17.8 Å². The van der Waals surface area contributed by atoms with Gasteiger partial charge in [-0.25, -0.2) is 0 Å². The van der Waals surface area contributed by atoms with Crippen molar-refractivity contribution >= 4 is 38.4 Å². The van der Waals surface area contributed by atoms with E-state index in [1.807, 2.05) is 47.6 Å². The van der Waals surface area contributed by atoms with Gasteiger partial charge in [-0.1, -0.05) is 132 Å². The predicted octanol–water partition coefficient (Wildman–Crippen LogP) is 12.2. The molecule has 0 saturated heterocycles. The maximum absolute atomic E-state index is 4.44. The van der Waals surface area contributed by atoms with Crippen LogP contribution in [0.1, 0.15) is 129 Å². The minimum Gasteiger partial charge on any atom is -0.285 e. The minimum atomic E-state index is 0.200. The molecule has 4 heterocycles. The van der Waals surface area contributed by atoms with Gasteiger partial charge in [0.05, 0.1) is 35.0 Å². The third kappa shape index (κ3) is 10.3. The second kappa shape index (κ2) is 16.1. The first-order chi connectivity index (χ1) is 26.3. The van der Waals surface area contributed by atoms with Gasteiger partial charge in [-0.05, 0) is 87.6 Å². The van der Waals surface area contributed by atoms with Gasteiger partial charge in [0.25, 0.3) is 0 Å². The lowest BCUT2D eigenvalue weighted by molar-refractivity contribution is 0.590. The van der Waals surface area contributed by atoms with Crippen molar-refractivity contribution in [3.63, 3.8) is 0 Å². The lowest BCUT2D eigenvalue weighted by Crippen LogP contribution is -2.12. The molecule has 0 N–H and O–H groups in total. The summed E-state index contributed by atoms with van der Waals surface area (Å²) < 4.78 is 5.74. The maximum Gasteiger partial charge on any atom is 0.0926 e. The third-order valence-electron chi connectivity index (χ3n) is 10.9. The number of hydrogen-bond donors (Lipinski definition) is 0. The van der Waals surface area contributed by atoms with E-state index in [1.165, 1.54) is 66.3 Å². The Labute approximate surface area is 342 Å². The first kappa shape index (κ1) is 43.1. The highest BCUT2D eigenvalue weighted by Crippen LogP contribution is 2.30. The van der Waals surface area contributed by atoms with Crippen molar-refractivity contribution in [3.8, 4) is 0 Å². The molecule has 3 aromatic heterocycles. The van der Waals surface area contributed by atoms with Crippen LogP contribution in [0.25, 0.3) is 32.7 Å². The van der Waals surface area contributed by atoms with Gasteiger partial charge in [-0.15, -0.1) is 0 Å². The van der Waals surface area contributed by atoms with E-state index in [4.69, 9.17) is 0 Å². The molecule has 1 aliphatic heterocycles. The Kier molecular flexibility index (Phi) is 12.2. The smallest absolute Gasteiger partial charge is 0.0926 e. The molecule has 1 aliphatic rings. The highest BCUT2D eigenvalue weighted by atomic mass is 15.3. The Hall–Kier alpha value is -5.04. The summed E-state index contributed by atoms with van der Waals surface area (Å²) in [5.41, 5.74) is 14.8. The van der Waals surface area contributed by atoms with Crippen LogP contribution in [-0.2, 0) is 49.3 Å². The molecule has 0 unspecified atom stereocenters. The van der Waals surface area contributed by atoms with E-state index in [9.17, 15) is 0 Å². The van der Waals surface area contributed by atoms with Crippen molar-refractivity contribution in [1.82, 2.24) is 29.3 Å². The van der Waals surface area contributed by atoms with Crippen molar-refractivity contribution in [1.29, 1.82) is 0 Å². The molecule has 0 bridgehead atoms. The van der Waals surface area contributed by atoms with Crippen LogP contribution in [0.3, 0.4) is 0 Å². The molecule has 7 heteroatoms. The first-order valence-corrected chi connectivity index (χ1v) is 20.3. The fourth-order valence-corrected chi connectivity index (χ4v) is 6.93. The SMILES string of the molecule is CC1=NCc2ccc(C(C)(C)C)cc21.Cc1nn(C)c2cc(C(C)(C)C)ccc12.Cn1cc2ccc(C(C)(C)C)cc2n1.Cn1ncc2ccc(C(C)(C)C)cc21. The van der Waals surface area contributed by atoms with Crippen LogP contribution < -0.4 is 0 Å². The largest absolute Gasteiger partial charge is 0.285 e. The van der Waals surface area contributed by atoms with Gasteiger partial charge in [0.2, 0.25) is 0 Å². The summed E-state index contributed by atoms with van der Waals surface area (Å²) in [6.07, 6.45) is 3.95. The van der Waals surface area contributed by atoms with Gasteiger partial charge in [0.1, 0.15) is 0 Å². The summed E-state index contributed by atoms with van der Waals surface area (Å²) in [7, 11) is 5.94. The Morgan fingerprint density at radius 1 is 0.526 bits per heavy atom. The predicted molar refractivity (Wildman–Crippen MR) is 244 cm³/mol. The summed E-state index contributed by atoms with van der Waals surface area (Å²) in [4.78, 5) is 4.44. The van der Waals surface area contributed by atoms with E-state index in [2.05, 4.69) is 190 Å². The number of rotatable bonds is 0. The Bertz CT molecular complexity index is 2520. The molecule has 8 rings (SSSR count). The Morgan fingerprint density at radius 3 is 1.63 bits per heavy atom. The van der Waals surface area contributed by atoms with E-state index >= 15 is 0 Å². The lowest BCUT2D eigenvalue weighted by atomic mass is 9.85. The van der Waals surface area contributed by atoms with Gasteiger partial charge in [0, 0.05) is 54.8 Å². The fraction of sp³-hybridized carbons (Fsp3) is 0.440. The van der Waals surface area contributed by atoms with Crippen LogP contribution in [0.5, 0.6) is 0 Å². The molecule has 302 valence electrons. The summed E-state index contributed by atoms with van der Waals surface area (Å²) in [6.45, 7) is 31.8. The van der Waals surface area contributed by atoms with Crippen molar-refractivity contribution in [2.45, 2.75) is 125 Å². The van der Waals surface area contributed by atoms with Crippen LogP contribution in [0, 0.1) is 6.92 Å². The van der Waals surface area contributed by atoms with Gasteiger partial charge < -0.3 is 0 Å². The van der Waals surface area contributed by atoms with Gasteiger partial charge in [-0.3, -0.25) is 19.0 Å². The Morgan fingerprint density at radius 2 is 1.04 bits per heavy atom. The summed E-state index contributed by atoms with van der Waals surface area (Å²) in [6, 6.07) is 26.4. The fourth-order valence-electron chi connectivity index (χ4n) is 6.93. The second-order valence-corrected chi connectivity index (χ2v) is 19.8. The second-order valence-electron chi connectivity index (χ2n) is 19.8. The quantitative estimate of drug-likeness (QED) is 0.154. The lowest BCUT2D eigenvalue weighted by Gasteiger charge is -2.19. The number of fused-ring (bicyclic) bond motifs is 4. The highest BCUT2D eigenvalue weighted by molar-refractivity contribution is 6.02. The van der Waals surface area contributed by atoms with E-state index in [0.29, 0.717) is 0 Å². The summed E-state index contributed by atoms with van der Waals surface area (Å²) in [5, 5.41) is 16.7.